The molecule has 0 bridgehead atoms. The fourth-order valence-electron chi connectivity index (χ4n) is 2.61. The second-order valence-corrected chi connectivity index (χ2v) is 7.55. The Hall–Kier alpha value is -1.75. The summed E-state index contributed by atoms with van der Waals surface area (Å²) in [6.45, 7) is 8.74. The summed E-state index contributed by atoms with van der Waals surface area (Å²) in [6.07, 6.45) is -1.00. The van der Waals surface area contributed by atoms with Gasteiger partial charge in [-0.05, 0) is 41.0 Å². The zero-order chi connectivity index (χ0) is 22.1. The maximum Gasteiger partial charge on any atom is 0.350 e. The number of hydrogen-bond donors (Lipinski definition) is 1. The molecule has 1 aliphatic rings. The molecule has 0 aromatic rings. The van der Waals surface area contributed by atoms with E-state index < -0.39 is 41.3 Å². The van der Waals surface area contributed by atoms with Crippen LogP contribution in [0.25, 0.3) is 0 Å². The van der Waals surface area contributed by atoms with E-state index in [1.165, 1.54) is 0 Å². The predicted octanol–water partition coefficient (Wildman–Crippen LogP) is 0.690. The number of rotatable bonds is 10. The van der Waals surface area contributed by atoms with Crippen molar-refractivity contribution < 1.29 is 42.8 Å². The van der Waals surface area contributed by atoms with Gasteiger partial charge in [0.15, 0.2) is 0 Å². The van der Waals surface area contributed by atoms with E-state index in [9.17, 15) is 14.4 Å². The molecule has 2 N–H and O–H groups in total. The molecule has 0 radical (unpaired) electrons. The molecule has 0 spiro atoms. The van der Waals surface area contributed by atoms with Crippen molar-refractivity contribution in [3.05, 3.63) is 0 Å². The number of hydrogen-bond acceptors (Lipinski definition) is 10. The third-order valence-electron chi connectivity index (χ3n) is 3.87. The largest absolute Gasteiger partial charge is 0.463 e. The van der Waals surface area contributed by atoms with Crippen LogP contribution in [0, 0.1) is 0 Å². The zero-order valence-corrected chi connectivity index (χ0v) is 17.9. The highest BCUT2D eigenvalue weighted by molar-refractivity contribution is 6.03. The lowest BCUT2D eigenvalue weighted by Crippen LogP contribution is -2.56. The van der Waals surface area contributed by atoms with E-state index >= 15 is 0 Å². The van der Waals surface area contributed by atoms with Crippen molar-refractivity contribution in [2.24, 2.45) is 5.73 Å². The number of nitrogens with two attached hydrogens (primary N) is 1. The topological polar surface area (TPSA) is 133 Å². The number of esters is 3. The van der Waals surface area contributed by atoms with Gasteiger partial charge in [0.2, 0.25) is 0 Å². The summed E-state index contributed by atoms with van der Waals surface area (Å²) in [5.74, 6) is -2.48. The summed E-state index contributed by atoms with van der Waals surface area (Å²) in [6, 6.07) is -1.07. The molecule has 1 heterocycles. The maximum atomic E-state index is 12.8. The first-order valence-corrected chi connectivity index (χ1v) is 9.72. The average Bonchev–Trinajstić information content (AvgIpc) is 2.64. The van der Waals surface area contributed by atoms with Gasteiger partial charge in [0.05, 0.1) is 26.4 Å². The van der Waals surface area contributed by atoms with E-state index in [2.05, 4.69) is 0 Å². The van der Waals surface area contributed by atoms with Gasteiger partial charge in [-0.3, -0.25) is 4.79 Å². The Kier molecular flexibility index (Phi) is 9.97. The summed E-state index contributed by atoms with van der Waals surface area (Å²) in [5.41, 5.74) is 3.11. The van der Waals surface area contributed by atoms with Crippen LogP contribution in [-0.2, 0) is 42.8 Å². The van der Waals surface area contributed by atoms with Crippen molar-refractivity contribution in [3.63, 3.8) is 0 Å². The van der Waals surface area contributed by atoms with E-state index in [0.717, 1.165) is 0 Å². The molecular formula is C19H33NO9. The zero-order valence-electron chi connectivity index (χ0n) is 17.9. The fraction of sp³-hybridized carbons (Fsp3) is 0.842. The van der Waals surface area contributed by atoms with E-state index in [-0.39, 0.29) is 46.1 Å². The molecule has 1 unspecified atom stereocenters. The first-order valence-electron chi connectivity index (χ1n) is 9.72. The van der Waals surface area contributed by atoms with E-state index in [1.807, 2.05) is 0 Å². The molecule has 29 heavy (non-hydrogen) atoms. The lowest BCUT2D eigenvalue weighted by atomic mass is 9.94. The normalized spacial score (nSPS) is 16.8. The second-order valence-electron chi connectivity index (χ2n) is 7.55. The lowest BCUT2D eigenvalue weighted by Gasteiger charge is -2.34. The van der Waals surface area contributed by atoms with Gasteiger partial charge in [0, 0.05) is 6.42 Å². The van der Waals surface area contributed by atoms with E-state index in [1.54, 1.807) is 34.6 Å². The van der Waals surface area contributed by atoms with Crippen LogP contribution in [0.2, 0.25) is 0 Å². The molecular weight excluding hydrogens is 386 g/mol. The van der Waals surface area contributed by atoms with Crippen molar-refractivity contribution in [1.29, 1.82) is 0 Å². The van der Waals surface area contributed by atoms with Crippen LogP contribution in [0.1, 0.15) is 47.5 Å². The first kappa shape index (κ1) is 25.3. The summed E-state index contributed by atoms with van der Waals surface area (Å²) in [5, 5.41) is 0. The Morgan fingerprint density at radius 2 is 1.55 bits per heavy atom. The fourth-order valence-corrected chi connectivity index (χ4v) is 2.61. The molecule has 168 valence electrons. The minimum Gasteiger partial charge on any atom is -0.463 e. The Labute approximate surface area is 171 Å². The number of carbonyl (C=O) groups excluding carboxylic acids is 3. The molecule has 0 amide bonds. The molecule has 1 aliphatic heterocycles. The second kappa shape index (κ2) is 11.4. The quantitative estimate of drug-likeness (QED) is 0.306. The average molecular weight is 419 g/mol. The summed E-state index contributed by atoms with van der Waals surface area (Å²) < 4.78 is 31.6. The monoisotopic (exact) mass is 419 g/mol. The minimum absolute atomic E-state index is 0.0269. The molecule has 0 saturated carbocycles. The van der Waals surface area contributed by atoms with Gasteiger partial charge < -0.3 is 34.2 Å². The van der Waals surface area contributed by atoms with Gasteiger partial charge in [0.25, 0.3) is 5.60 Å². The van der Waals surface area contributed by atoms with Gasteiger partial charge in [0.1, 0.15) is 24.5 Å². The molecule has 0 aromatic carbocycles. The van der Waals surface area contributed by atoms with Gasteiger partial charge >= 0.3 is 17.9 Å². The van der Waals surface area contributed by atoms with Gasteiger partial charge in [-0.2, -0.15) is 0 Å². The molecule has 1 rings (SSSR count). The summed E-state index contributed by atoms with van der Waals surface area (Å²) in [7, 11) is 0. The highest BCUT2D eigenvalue weighted by Gasteiger charge is 2.52. The highest BCUT2D eigenvalue weighted by Crippen LogP contribution is 2.27. The lowest BCUT2D eigenvalue weighted by molar-refractivity contribution is -0.226. The Balaban J connectivity index is 3.06. The summed E-state index contributed by atoms with van der Waals surface area (Å²) >= 11 is 0. The molecule has 10 heteroatoms. The Bertz CT molecular complexity index is 534. The maximum absolute atomic E-state index is 12.8. The Morgan fingerprint density at radius 1 is 1.03 bits per heavy atom. The summed E-state index contributed by atoms with van der Waals surface area (Å²) in [4.78, 5) is 37.8. The van der Waals surface area contributed by atoms with Gasteiger partial charge in [-0.1, -0.05) is 0 Å². The predicted molar refractivity (Wildman–Crippen MR) is 101 cm³/mol. The highest BCUT2D eigenvalue weighted by atomic mass is 16.7. The third kappa shape index (κ3) is 7.88. The standard InChI is InChI=1S/C19H33NO9/c1-6-26-16(22)19(17(23)27-7-2,28-13-10-24-12-25-11-13)9-8-14(20)15(21)29-18(3,4)5/h13-14H,6-12,20H2,1-5H3. The van der Waals surface area contributed by atoms with Crippen LogP contribution in [0.15, 0.2) is 0 Å². The van der Waals surface area contributed by atoms with E-state index in [0.29, 0.717) is 0 Å². The number of carbonyl (C=O) groups is 3. The molecule has 0 aliphatic carbocycles. The molecule has 10 nitrogen and oxygen atoms in total. The van der Waals surface area contributed by atoms with E-state index in [4.69, 9.17) is 34.2 Å². The number of ether oxygens (including phenoxy) is 6. The molecule has 1 saturated heterocycles. The SMILES string of the molecule is CCOC(=O)C(CCC(N)C(=O)OC(C)(C)C)(OC1COCOC1)C(=O)OCC. The van der Waals surface area contributed by atoms with Gasteiger partial charge in [-0.15, -0.1) is 0 Å². The molecule has 1 atom stereocenters. The van der Waals surface area contributed by atoms with Crippen molar-refractivity contribution >= 4 is 17.9 Å². The van der Waals surface area contributed by atoms with Crippen LogP contribution in [0.3, 0.4) is 0 Å². The van der Waals surface area contributed by atoms with Crippen molar-refractivity contribution in [3.8, 4) is 0 Å². The minimum atomic E-state index is -2.10. The Morgan fingerprint density at radius 3 is 2.00 bits per heavy atom. The van der Waals surface area contributed by atoms with Crippen LogP contribution in [0.4, 0.5) is 0 Å². The van der Waals surface area contributed by atoms with Crippen molar-refractivity contribution in [1.82, 2.24) is 0 Å². The van der Waals surface area contributed by atoms with Crippen molar-refractivity contribution in [2.45, 2.75) is 70.8 Å². The first-order chi connectivity index (χ1) is 13.6. The van der Waals surface area contributed by atoms with Crippen LogP contribution in [-0.4, -0.2) is 74.5 Å². The van der Waals surface area contributed by atoms with Crippen LogP contribution < -0.4 is 5.73 Å². The van der Waals surface area contributed by atoms with Crippen molar-refractivity contribution in [2.75, 3.05) is 33.2 Å². The third-order valence-corrected chi connectivity index (χ3v) is 3.87. The molecule has 1 fully saturated rings. The van der Waals surface area contributed by atoms with Gasteiger partial charge in [-0.25, -0.2) is 9.59 Å². The molecule has 0 aromatic heterocycles. The smallest absolute Gasteiger partial charge is 0.350 e. The van der Waals surface area contributed by atoms with Crippen LogP contribution >= 0.6 is 0 Å². The van der Waals surface area contributed by atoms with Crippen LogP contribution in [0.5, 0.6) is 0 Å².